The molecule has 0 spiro atoms. The normalized spacial score (nSPS) is 17.6. The van der Waals surface area contributed by atoms with Crippen LogP contribution >= 0.6 is 0 Å². The summed E-state index contributed by atoms with van der Waals surface area (Å²) < 4.78 is 0. The molecule has 0 aromatic rings. The van der Waals surface area contributed by atoms with Crippen molar-refractivity contribution in [3.05, 3.63) is 0 Å². The summed E-state index contributed by atoms with van der Waals surface area (Å²) in [5, 5.41) is 8.45. The van der Waals surface area contributed by atoms with Crippen LogP contribution in [-0.4, -0.2) is 35.0 Å². The van der Waals surface area contributed by atoms with E-state index in [4.69, 9.17) is 5.11 Å². The van der Waals surface area contributed by atoms with Gasteiger partial charge < -0.3 is 10.0 Å². The van der Waals surface area contributed by atoms with Gasteiger partial charge >= 0.3 is 5.97 Å². The highest BCUT2D eigenvalue weighted by molar-refractivity contribution is 5.80. The lowest BCUT2D eigenvalue weighted by Crippen LogP contribution is -2.31. The van der Waals surface area contributed by atoms with E-state index in [2.05, 4.69) is 0 Å². The third-order valence-electron chi connectivity index (χ3n) is 2.51. The van der Waals surface area contributed by atoms with E-state index in [1.807, 2.05) is 0 Å². The summed E-state index contributed by atoms with van der Waals surface area (Å²) >= 11 is 0. The Balaban J connectivity index is 2.30. The molecule has 0 radical (unpaired) electrons. The first-order valence-corrected chi connectivity index (χ1v) is 5.20. The van der Waals surface area contributed by atoms with E-state index in [0.29, 0.717) is 0 Å². The largest absolute Gasteiger partial charge is 0.481 e. The van der Waals surface area contributed by atoms with Crippen molar-refractivity contribution in [2.75, 3.05) is 13.1 Å². The number of carboxylic acids is 1. The monoisotopic (exact) mass is 199 g/mol. The number of nitrogens with zero attached hydrogens (tertiary/aromatic N) is 1. The fourth-order valence-electron chi connectivity index (χ4n) is 1.69. The van der Waals surface area contributed by atoms with Crippen LogP contribution in [0.25, 0.3) is 0 Å². The maximum atomic E-state index is 11.5. The van der Waals surface area contributed by atoms with E-state index in [-0.39, 0.29) is 18.7 Å². The van der Waals surface area contributed by atoms with Crippen LogP contribution in [0.4, 0.5) is 0 Å². The molecule has 4 nitrogen and oxygen atoms in total. The van der Waals surface area contributed by atoms with Crippen LogP contribution in [0, 0.1) is 0 Å². The van der Waals surface area contributed by atoms with Gasteiger partial charge in [0.05, 0.1) is 6.42 Å². The predicted molar refractivity (Wildman–Crippen MR) is 51.9 cm³/mol. The van der Waals surface area contributed by atoms with Gasteiger partial charge in [-0.3, -0.25) is 9.59 Å². The van der Waals surface area contributed by atoms with Gasteiger partial charge in [0.1, 0.15) is 0 Å². The Labute approximate surface area is 83.9 Å². The first-order chi connectivity index (χ1) is 6.70. The van der Waals surface area contributed by atoms with E-state index < -0.39 is 5.97 Å². The third-order valence-corrected chi connectivity index (χ3v) is 2.51. The van der Waals surface area contributed by atoms with Crippen molar-refractivity contribution in [1.29, 1.82) is 0 Å². The highest BCUT2D eigenvalue weighted by atomic mass is 16.4. The molecule has 1 amide bonds. The molecule has 0 atom stereocenters. The first-order valence-electron chi connectivity index (χ1n) is 5.20. The van der Waals surface area contributed by atoms with Crippen LogP contribution in [-0.2, 0) is 9.59 Å². The van der Waals surface area contributed by atoms with Gasteiger partial charge in [0.15, 0.2) is 0 Å². The lowest BCUT2D eigenvalue weighted by Gasteiger charge is -2.19. The maximum absolute atomic E-state index is 11.5. The van der Waals surface area contributed by atoms with E-state index >= 15 is 0 Å². The van der Waals surface area contributed by atoms with Gasteiger partial charge in [-0.15, -0.1) is 0 Å². The second-order valence-electron chi connectivity index (χ2n) is 3.69. The highest BCUT2D eigenvalue weighted by Crippen LogP contribution is 2.11. The topological polar surface area (TPSA) is 57.6 Å². The van der Waals surface area contributed by atoms with Crippen molar-refractivity contribution in [1.82, 2.24) is 4.90 Å². The Kier molecular flexibility index (Phi) is 4.43. The molecule has 0 saturated carbocycles. The van der Waals surface area contributed by atoms with Crippen molar-refractivity contribution >= 4 is 11.9 Å². The van der Waals surface area contributed by atoms with Crippen molar-refractivity contribution in [2.24, 2.45) is 0 Å². The highest BCUT2D eigenvalue weighted by Gasteiger charge is 2.15. The van der Waals surface area contributed by atoms with Crippen molar-refractivity contribution in [2.45, 2.75) is 38.5 Å². The molecule has 1 N–H and O–H groups in total. The number of likely N-dealkylation sites (tertiary alicyclic amines) is 1. The maximum Gasteiger partial charge on any atom is 0.303 e. The Hall–Kier alpha value is -1.06. The van der Waals surface area contributed by atoms with Crippen LogP contribution < -0.4 is 0 Å². The number of aliphatic carboxylic acids is 1. The zero-order chi connectivity index (χ0) is 10.4. The quantitative estimate of drug-likeness (QED) is 0.744. The minimum Gasteiger partial charge on any atom is -0.481 e. The molecule has 0 aromatic heterocycles. The fourth-order valence-corrected chi connectivity index (χ4v) is 1.69. The molecule has 1 aliphatic rings. The van der Waals surface area contributed by atoms with Gasteiger partial charge in [-0.05, 0) is 12.8 Å². The Morgan fingerprint density at radius 1 is 1.00 bits per heavy atom. The van der Waals surface area contributed by atoms with Gasteiger partial charge in [-0.25, -0.2) is 0 Å². The zero-order valence-corrected chi connectivity index (χ0v) is 8.37. The molecule has 1 fully saturated rings. The first kappa shape index (κ1) is 11.0. The number of carbonyl (C=O) groups excluding carboxylic acids is 1. The fraction of sp³-hybridized carbons (Fsp3) is 0.800. The second-order valence-corrected chi connectivity index (χ2v) is 3.69. The molecule has 0 unspecified atom stereocenters. The summed E-state index contributed by atoms with van der Waals surface area (Å²) in [6.07, 6.45) is 4.58. The van der Waals surface area contributed by atoms with E-state index in [0.717, 1.165) is 25.9 Å². The average Bonchev–Trinajstić information content (AvgIpc) is 2.42. The number of amides is 1. The van der Waals surface area contributed by atoms with Crippen molar-refractivity contribution in [3.8, 4) is 0 Å². The van der Waals surface area contributed by atoms with Crippen LogP contribution in [0.1, 0.15) is 38.5 Å². The molecule has 1 rings (SSSR count). The number of carbonyl (C=O) groups is 2. The summed E-state index contributed by atoms with van der Waals surface area (Å²) in [6, 6.07) is 0. The molecule has 1 heterocycles. The average molecular weight is 199 g/mol. The predicted octanol–water partition coefficient (Wildman–Crippen LogP) is 1.25. The smallest absolute Gasteiger partial charge is 0.303 e. The van der Waals surface area contributed by atoms with E-state index in [1.54, 1.807) is 4.90 Å². The Morgan fingerprint density at radius 3 is 2.07 bits per heavy atom. The van der Waals surface area contributed by atoms with Crippen LogP contribution in [0.15, 0.2) is 0 Å². The number of hydrogen-bond acceptors (Lipinski definition) is 2. The molecule has 0 aromatic carbocycles. The van der Waals surface area contributed by atoms with Gasteiger partial charge in [-0.1, -0.05) is 12.8 Å². The molecule has 1 aliphatic heterocycles. The molecule has 1 saturated heterocycles. The van der Waals surface area contributed by atoms with E-state index in [1.165, 1.54) is 12.8 Å². The molecule has 14 heavy (non-hydrogen) atoms. The summed E-state index contributed by atoms with van der Waals surface area (Å²) in [5.74, 6) is -0.900. The Morgan fingerprint density at radius 2 is 1.57 bits per heavy atom. The second kappa shape index (κ2) is 5.62. The summed E-state index contributed by atoms with van der Waals surface area (Å²) in [7, 11) is 0. The standard InChI is InChI=1S/C10H17NO3/c12-9(5-6-10(13)14)11-7-3-1-2-4-8-11/h1-8H2,(H,13,14). The Bertz CT molecular complexity index is 207. The van der Waals surface area contributed by atoms with Gasteiger partial charge in [0, 0.05) is 19.5 Å². The van der Waals surface area contributed by atoms with Crippen LogP contribution in [0.5, 0.6) is 0 Å². The molecular formula is C10H17NO3. The third kappa shape index (κ3) is 3.77. The zero-order valence-electron chi connectivity index (χ0n) is 8.37. The lowest BCUT2D eigenvalue weighted by atomic mass is 10.2. The summed E-state index contributed by atoms with van der Waals surface area (Å²) in [5.41, 5.74) is 0. The van der Waals surface area contributed by atoms with Crippen molar-refractivity contribution < 1.29 is 14.7 Å². The molecule has 80 valence electrons. The molecular weight excluding hydrogens is 182 g/mol. The molecule has 0 aliphatic carbocycles. The number of rotatable bonds is 3. The molecule has 0 bridgehead atoms. The summed E-state index contributed by atoms with van der Waals surface area (Å²) in [4.78, 5) is 23.6. The van der Waals surface area contributed by atoms with E-state index in [9.17, 15) is 9.59 Å². The number of hydrogen-bond donors (Lipinski definition) is 1. The SMILES string of the molecule is O=C(O)CCC(=O)N1CCCCCC1. The van der Waals surface area contributed by atoms with Crippen molar-refractivity contribution in [3.63, 3.8) is 0 Å². The molecule has 4 heteroatoms. The van der Waals surface area contributed by atoms with Crippen LogP contribution in [0.2, 0.25) is 0 Å². The lowest BCUT2D eigenvalue weighted by molar-refractivity contribution is -0.140. The van der Waals surface area contributed by atoms with Crippen LogP contribution in [0.3, 0.4) is 0 Å². The minimum absolute atomic E-state index is 0.00528. The summed E-state index contributed by atoms with van der Waals surface area (Å²) in [6.45, 7) is 1.61. The van der Waals surface area contributed by atoms with Gasteiger partial charge in [0.2, 0.25) is 5.91 Å². The van der Waals surface area contributed by atoms with Gasteiger partial charge in [0.25, 0.3) is 0 Å². The van der Waals surface area contributed by atoms with Gasteiger partial charge in [-0.2, -0.15) is 0 Å². The minimum atomic E-state index is -0.895. The number of carboxylic acid groups (broad SMARTS) is 1.